The minimum absolute atomic E-state index is 0.0547. The zero-order chi connectivity index (χ0) is 21.1. The molecule has 2 fully saturated rings. The molecule has 0 bridgehead atoms. The highest BCUT2D eigenvalue weighted by atomic mass is 16.5. The standard InChI is InChI=1S/C21H30N4O5/c1-14-17(15(2)29-23-14)19(26)25-9-4-7-21(13-25,8-12-27-3)20-22-18(30-24-20)16-5-10-28-11-6-16/h16H,4-13H2,1-3H3. The Kier molecular flexibility index (Phi) is 6.19. The van der Waals surface area contributed by atoms with Gasteiger partial charge in [0.15, 0.2) is 5.82 Å². The molecule has 9 nitrogen and oxygen atoms in total. The topological polar surface area (TPSA) is 104 Å². The van der Waals surface area contributed by atoms with Gasteiger partial charge in [0.1, 0.15) is 11.3 Å². The predicted octanol–water partition coefficient (Wildman–Crippen LogP) is 2.78. The lowest BCUT2D eigenvalue weighted by atomic mass is 9.76. The first kappa shape index (κ1) is 21.0. The van der Waals surface area contributed by atoms with Crippen LogP contribution in [0.1, 0.15) is 71.5 Å². The second-order valence-corrected chi connectivity index (χ2v) is 8.40. The molecule has 2 aromatic heterocycles. The van der Waals surface area contributed by atoms with Crippen molar-refractivity contribution < 1.29 is 23.3 Å². The van der Waals surface area contributed by atoms with E-state index < -0.39 is 5.41 Å². The molecule has 1 atom stereocenters. The van der Waals surface area contributed by atoms with Crippen molar-refractivity contribution >= 4 is 5.91 Å². The summed E-state index contributed by atoms with van der Waals surface area (Å²) in [5.74, 6) is 2.09. The van der Waals surface area contributed by atoms with Gasteiger partial charge in [-0.15, -0.1) is 0 Å². The first-order chi connectivity index (χ1) is 14.5. The highest BCUT2D eigenvalue weighted by molar-refractivity contribution is 5.96. The normalized spacial score (nSPS) is 23.1. The minimum Gasteiger partial charge on any atom is -0.385 e. The third-order valence-electron chi connectivity index (χ3n) is 6.38. The third kappa shape index (κ3) is 4.00. The first-order valence-electron chi connectivity index (χ1n) is 10.7. The van der Waals surface area contributed by atoms with Gasteiger partial charge >= 0.3 is 0 Å². The summed E-state index contributed by atoms with van der Waals surface area (Å²) in [6.45, 7) is 6.77. The van der Waals surface area contributed by atoms with Gasteiger partial charge in [0.2, 0.25) is 5.89 Å². The summed E-state index contributed by atoms with van der Waals surface area (Å²) < 4.78 is 21.7. The maximum absolute atomic E-state index is 13.3. The average molecular weight is 418 g/mol. The molecule has 2 saturated heterocycles. The maximum atomic E-state index is 13.3. The second-order valence-electron chi connectivity index (χ2n) is 8.40. The van der Waals surface area contributed by atoms with E-state index in [1.807, 2.05) is 4.90 Å². The monoisotopic (exact) mass is 418 g/mol. The smallest absolute Gasteiger partial charge is 0.259 e. The second kappa shape index (κ2) is 8.85. The molecule has 30 heavy (non-hydrogen) atoms. The van der Waals surface area contributed by atoms with Crippen LogP contribution in [-0.4, -0.2) is 66.1 Å². The molecular weight excluding hydrogens is 388 g/mol. The zero-order valence-electron chi connectivity index (χ0n) is 18.0. The lowest BCUT2D eigenvalue weighted by Crippen LogP contribution is -2.49. The Labute approximate surface area is 176 Å². The van der Waals surface area contributed by atoms with Gasteiger partial charge in [-0.1, -0.05) is 10.3 Å². The zero-order valence-corrected chi connectivity index (χ0v) is 18.0. The van der Waals surface area contributed by atoms with Crippen molar-refractivity contribution in [2.24, 2.45) is 0 Å². The van der Waals surface area contributed by atoms with Crippen molar-refractivity contribution in [3.63, 3.8) is 0 Å². The van der Waals surface area contributed by atoms with Gasteiger partial charge in [-0.2, -0.15) is 4.98 Å². The number of aromatic nitrogens is 3. The Morgan fingerprint density at radius 1 is 1.23 bits per heavy atom. The molecule has 0 spiro atoms. The number of carbonyl (C=O) groups is 1. The number of likely N-dealkylation sites (tertiary alicyclic amines) is 1. The molecule has 1 amide bonds. The fraction of sp³-hybridized carbons (Fsp3) is 0.714. The lowest BCUT2D eigenvalue weighted by Gasteiger charge is -2.40. The molecule has 4 rings (SSSR count). The van der Waals surface area contributed by atoms with Crippen LogP contribution in [0.15, 0.2) is 9.05 Å². The number of amides is 1. The van der Waals surface area contributed by atoms with Crippen LogP contribution in [0.2, 0.25) is 0 Å². The molecule has 4 heterocycles. The quantitative estimate of drug-likeness (QED) is 0.705. The van der Waals surface area contributed by atoms with Gasteiger partial charge in [0.05, 0.1) is 11.1 Å². The van der Waals surface area contributed by atoms with Crippen LogP contribution in [0.4, 0.5) is 0 Å². The van der Waals surface area contributed by atoms with E-state index in [9.17, 15) is 4.79 Å². The molecule has 2 aliphatic rings. The number of rotatable bonds is 6. The molecule has 1 unspecified atom stereocenters. The Balaban J connectivity index is 1.60. The molecule has 2 aromatic rings. The van der Waals surface area contributed by atoms with Crippen LogP contribution in [0, 0.1) is 13.8 Å². The number of methoxy groups -OCH3 is 1. The largest absolute Gasteiger partial charge is 0.385 e. The van der Waals surface area contributed by atoms with Crippen LogP contribution in [-0.2, 0) is 14.9 Å². The Bertz CT molecular complexity index is 853. The highest BCUT2D eigenvalue weighted by Crippen LogP contribution is 2.38. The first-order valence-corrected chi connectivity index (χ1v) is 10.7. The summed E-state index contributed by atoms with van der Waals surface area (Å²) in [5, 5.41) is 8.32. The Morgan fingerprint density at radius 3 is 2.73 bits per heavy atom. The van der Waals surface area contributed by atoms with Crippen molar-refractivity contribution in [2.45, 2.75) is 57.3 Å². The predicted molar refractivity (Wildman–Crippen MR) is 106 cm³/mol. The number of nitrogens with zero attached hydrogens (tertiary/aromatic N) is 4. The summed E-state index contributed by atoms with van der Waals surface area (Å²) in [6, 6.07) is 0. The fourth-order valence-electron chi connectivity index (χ4n) is 4.61. The molecule has 2 aliphatic heterocycles. The third-order valence-corrected chi connectivity index (χ3v) is 6.38. The number of piperidine rings is 1. The van der Waals surface area contributed by atoms with E-state index in [4.69, 9.17) is 23.5 Å². The van der Waals surface area contributed by atoms with Gasteiger partial charge in [-0.3, -0.25) is 4.79 Å². The van der Waals surface area contributed by atoms with Crippen molar-refractivity contribution in [2.75, 3.05) is 40.0 Å². The van der Waals surface area contributed by atoms with Crippen molar-refractivity contribution in [1.82, 2.24) is 20.2 Å². The number of aryl methyl sites for hydroxylation is 2. The summed E-state index contributed by atoms with van der Waals surface area (Å²) in [7, 11) is 1.69. The molecule has 0 aliphatic carbocycles. The van der Waals surface area contributed by atoms with E-state index in [1.165, 1.54) is 0 Å². The molecule has 0 saturated carbocycles. The summed E-state index contributed by atoms with van der Waals surface area (Å²) >= 11 is 0. The van der Waals surface area contributed by atoms with Crippen molar-refractivity contribution in [3.8, 4) is 0 Å². The molecule has 164 valence electrons. The minimum atomic E-state index is -0.393. The maximum Gasteiger partial charge on any atom is 0.259 e. The van der Waals surface area contributed by atoms with Gasteiger partial charge in [-0.25, -0.2) is 0 Å². The summed E-state index contributed by atoms with van der Waals surface area (Å²) in [4.78, 5) is 20.0. The van der Waals surface area contributed by atoms with Crippen LogP contribution < -0.4 is 0 Å². The van der Waals surface area contributed by atoms with E-state index in [1.54, 1.807) is 21.0 Å². The van der Waals surface area contributed by atoms with Gasteiger partial charge in [0.25, 0.3) is 5.91 Å². The number of ether oxygens (including phenoxy) is 2. The van der Waals surface area contributed by atoms with Crippen LogP contribution in [0.3, 0.4) is 0 Å². The molecule has 9 heteroatoms. The van der Waals surface area contributed by atoms with E-state index in [2.05, 4.69) is 10.3 Å². The Hall–Kier alpha value is -2.26. The van der Waals surface area contributed by atoms with Gasteiger partial charge < -0.3 is 23.4 Å². The average Bonchev–Trinajstić information content (AvgIpc) is 3.40. The lowest BCUT2D eigenvalue weighted by molar-refractivity contribution is 0.0564. The highest BCUT2D eigenvalue weighted by Gasteiger charge is 2.43. The molecule has 0 N–H and O–H groups in total. The van der Waals surface area contributed by atoms with Crippen LogP contribution >= 0.6 is 0 Å². The van der Waals surface area contributed by atoms with Gasteiger partial charge in [-0.05, 0) is 46.0 Å². The van der Waals surface area contributed by atoms with Crippen LogP contribution in [0.25, 0.3) is 0 Å². The SMILES string of the molecule is COCCC1(c2noc(C3CCOCC3)n2)CCCN(C(=O)c2c(C)noc2C)C1. The fourth-order valence-corrected chi connectivity index (χ4v) is 4.61. The van der Waals surface area contributed by atoms with Crippen molar-refractivity contribution in [3.05, 3.63) is 28.7 Å². The molecule has 0 aromatic carbocycles. The van der Waals surface area contributed by atoms with Crippen molar-refractivity contribution in [1.29, 1.82) is 0 Å². The van der Waals surface area contributed by atoms with E-state index in [-0.39, 0.29) is 11.8 Å². The van der Waals surface area contributed by atoms with E-state index in [0.29, 0.717) is 48.4 Å². The number of hydrogen-bond donors (Lipinski definition) is 0. The van der Waals surface area contributed by atoms with E-state index in [0.717, 1.165) is 45.3 Å². The van der Waals surface area contributed by atoms with Crippen LogP contribution in [0.5, 0.6) is 0 Å². The molecular formula is C21H30N4O5. The summed E-state index contributed by atoms with van der Waals surface area (Å²) in [5.41, 5.74) is 0.774. The summed E-state index contributed by atoms with van der Waals surface area (Å²) in [6.07, 6.45) is 4.25. The Morgan fingerprint density at radius 2 is 2.03 bits per heavy atom. The van der Waals surface area contributed by atoms with Gasteiger partial charge in [0, 0.05) is 45.9 Å². The number of hydrogen-bond acceptors (Lipinski definition) is 8. The van der Waals surface area contributed by atoms with E-state index >= 15 is 0 Å². The molecule has 0 radical (unpaired) electrons. The number of carbonyl (C=O) groups excluding carboxylic acids is 1.